The first kappa shape index (κ1) is 24.9. The fourth-order valence-corrected chi connectivity index (χ4v) is 4.50. The van der Waals surface area contributed by atoms with Gasteiger partial charge in [0.15, 0.2) is 11.5 Å². The van der Waals surface area contributed by atoms with E-state index in [9.17, 15) is 13.2 Å². The summed E-state index contributed by atoms with van der Waals surface area (Å²) in [5, 5.41) is 0.268. The Hall–Kier alpha value is -3.73. The smallest absolute Gasteiger partial charge is 0.434 e. The molecular weight excluding hydrogens is 509 g/mol. The monoisotopic (exact) mass is 530 g/mol. The average Bonchev–Trinajstić information content (AvgIpc) is 3.63. The molecule has 0 unspecified atom stereocenters. The first-order valence-corrected chi connectivity index (χ1v) is 11.8. The van der Waals surface area contributed by atoms with E-state index in [4.69, 9.17) is 21.1 Å². The molecule has 3 heterocycles. The van der Waals surface area contributed by atoms with Crippen LogP contribution in [0.4, 0.5) is 13.2 Å². The van der Waals surface area contributed by atoms with Crippen molar-refractivity contribution in [3.05, 3.63) is 64.5 Å². The first-order chi connectivity index (χ1) is 17.7. The number of hydrogen-bond acceptors (Lipinski definition) is 7. The van der Waals surface area contributed by atoms with Crippen LogP contribution < -0.4 is 9.47 Å². The Balaban J connectivity index is 1.39. The standard InChI is InChI=1S/C25H22ClF3N6O2/c1-13-8-14(9-16(26)19(13)23-33-17(10-35(23)2)25(27,28)29)11-37-18-6-7-30-22(34-18)20-21(15-4-5-15)31-12-32-24(20)36-3/h6-10,12,15H,4-5,11H2,1-3H3. The third-order valence-corrected chi connectivity index (χ3v) is 6.28. The van der Waals surface area contributed by atoms with Gasteiger partial charge < -0.3 is 14.0 Å². The van der Waals surface area contributed by atoms with Gasteiger partial charge in [0, 0.05) is 37.0 Å². The van der Waals surface area contributed by atoms with E-state index in [1.54, 1.807) is 31.3 Å². The number of rotatable bonds is 7. The van der Waals surface area contributed by atoms with Crippen molar-refractivity contribution in [1.82, 2.24) is 29.5 Å². The van der Waals surface area contributed by atoms with E-state index in [0.29, 0.717) is 40.2 Å². The lowest BCUT2D eigenvalue weighted by Crippen LogP contribution is -2.05. The van der Waals surface area contributed by atoms with Crippen molar-refractivity contribution < 1.29 is 22.6 Å². The van der Waals surface area contributed by atoms with Crippen LogP contribution in [0.3, 0.4) is 0 Å². The van der Waals surface area contributed by atoms with Crippen molar-refractivity contribution in [1.29, 1.82) is 0 Å². The Morgan fingerprint density at radius 1 is 1.11 bits per heavy atom. The molecule has 0 saturated heterocycles. The summed E-state index contributed by atoms with van der Waals surface area (Å²) in [5.74, 6) is 1.59. The first-order valence-electron chi connectivity index (χ1n) is 11.4. The highest BCUT2D eigenvalue weighted by molar-refractivity contribution is 6.33. The zero-order valence-corrected chi connectivity index (χ0v) is 20.9. The molecule has 8 nitrogen and oxygen atoms in total. The molecule has 1 saturated carbocycles. The van der Waals surface area contributed by atoms with Gasteiger partial charge in [0.2, 0.25) is 11.8 Å². The molecule has 192 valence electrons. The van der Waals surface area contributed by atoms with E-state index in [0.717, 1.165) is 30.3 Å². The topological polar surface area (TPSA) is 87.8 Å². The van der Waals surface area contributed by atoms with Gasteiger partial charge in [-0.25, -0.2) is 19.9 Å². The summed E-state index contributed by atoms with van der Waals surface area (Å²) >= 11 is 6.49. The highest BCUT2D eigenvalue weighted by atomic mass is 35.5. The number of halogens is 4. The molecule has 0 bridgehead atoms. The second-order valence-corrected chi connectivity index (χ2v) is 9.16. The van der Waals surface area contributed by atoms with Crippen LogP contribution in [0.5, 0.6) is 11.8 Å². The zero-order valence-electron chi connectivity index (χ0n) is 20.2. The number of methoxy groups -OCH3 is 1. The molecule has 0 aliphatic heterocycles. The van der Waals surface area contributed by atoms with Crippen LogP contribution in [0, 0.1) is 6.92 Å². The summed E-state index contributed by atoms with van der Waals surface area (Å²) in [5.41, 5.74) is 2.34. The van der Waals surface area contributed by atoms with Crippen molar-refractivity contribution in [2.75, 3.05) is 7.11 Å². The highest BCUT2D eigenvalue weighted by Gasteiger charge is 2.35. The van der Waals surface area contributed by atoms with Gasteiger partial charge in [0.25, 0.3) is 0 Å². The number of benzene rings is 1. The average molecular weight is 531 g/mol. The van der Waals surface area contributed by atoms with E-state index in [1.165, 1.54) is 25.1 Å². The van der Waals surface area contributed by atoms with Gasteiger partial charge in [-0.2, -0.15) is 18.2 Å². The molecule has 12 heteroatoms. The molecule has 0 radical (unpaired) electrons. The number of aromatic nitrogens is 6. The highest BCUT2D eigenvalue weighted by Crippen LogP contribution is 2.45. The van der Waals surface area contributed by atoms with Crippen LogP contribution in [-0.2, 0) is 19.8 Å². The lowest BCUT2D eigenvalue weighted by Gasteiger charge is -2.13. The van der Waals surface area contributed by atoms with E-state index < -0.39 is 11.9 Å². The summed E-state index contributed by atoms with van der Waals surface area (Å²) in [4.78, 5) is 21.3. The fourth-order valence-electron chi connectivity index (χ4n) is 4.13. The number of hydrogen-bond donors (Lipinski definition) is 0. The molecule has 4 aromatic rings. The van der Waals surface area contributed by atoms with E-state index in [-0.39, 0.29) is 17.5 Å². The van der Waals surface area contributed by atoms with E-state index >= 15 is 0 Å². The zero-order chi connectivity index (χ0) is 26.3. The third kappa shape index (κ3) is 5.08. The minimum absolute atomic E-state index is 0.129. The summed E-state index contributed by atoms with van der Waals surface area (Å²) in [6.07, 6.45) is 1.53. The van der Waals surface area contributed by atoms with Gasteiger partial charge in [0.1, 0.15) is 24.3 Å². The van der Waals surface area contributed by atoms with Crippen LogP contribution in [0.1, 0.15) is 41.3 Å². The lowest BCUT2D eigenvalue weighted by atomic mass is 10.0. The Kier molecular flexibility index (Phi) is 6.49. The van der Waals surface area contributed by atoms with Crippen molar-refractivity contribution in [3.8, 4) is 34.5 Å². The van der Waals surface area contributed by atoms with Crippen molar-refractivity contribution >= 4 is 11.6 Å². The molecule has 37 heavy (non-hydrogen) atoms. The van der Waals surface area contributed by atoms with Crippen molar-refractivity contribution in [2.24, 2.45) is 7.05 Å². The summed E-state index contributed by atoms with van der Waals surface area (Å²) in [6.45, 7) is 1.89. The van der Waals surface area contributed by atoms with Gasteiger partial charge in [-0.15, -0.1) is 0 Å². The maximum Gasteiger partial charge on any atom is 0.434 e. The molecule has 0 atom stereocenters. The molecule has 1 aliphatic carbocycles. The lowest BCUT2D eigenvalue weighted by molar-refractivity contribution is -0.140. The number of ether oxygens (including phenoxy) is 2. The van der Waals surface area contributed by atoms with Gasteiger partial charge in [0.05, 0.1) is 17.8 Å². The maximum atomic E-state index is 13.1. The Morgan fingerprint density at radius 3 is 2.54 bits per heavy atom. The third-order valence-electron chi connectivity index (χ3n) is 5.98. The summed E-state index contributed by atoms with van der Waals surface area (Å²) in [7, 11) is 3.03. The summed E-state index contributed by atoms with van der Waals surface area (Å²) < 4.78 is 52.0. The van der Waals surface area contributed by atoms with Gasteiger partial charge in [-0.3, -0.25) is 0 Å². The summed E-state index contributed by atoms with van der Waals surface area (Å²) in [6, 6.07) is 5.07. The Morgan fingerprint density at radius 2 is 1.89 bits per heavy atom. The Labute approximate surface area is 215 Å². The molecule has 1 fully saturated rings. The van der Waals surface area contributed by atoms with Crippen molar-refractivity contribution in [2.45, 2.75) is 38.5 Å². The largest absolute Gasteiger partial charge is 0.480 e. The molecule has 3 aromatic heterocycles. The predicted octanol–water partition coefficient (Wildman–Crippen LogP) is 5.78. The molecule has 1 aliphatic rings. The fraction of sp³-hybridized carbons (Fsp3) is 0.320. The number of alkyl halides is 3. The molecule has 1 aromatic carbocycles. The molecule has 0 N–H and O–H groups in total. The van der Waals surface area contributed by atoms with Crippen LogP contribution in [0.15, 0.2) is 36.9 Å². The number of aryl methyl sites for hydroxylation is 2. The normalized spacial score (nSPS) is 13.6. The second kappa shape index (κ2) is 9.62. The minimum Gasteiger partial charge on any atom is -0.480 e. The van der Waals surface area contributed by atoms with Gasteiger partial charge in [-0.1, -0.05) is 17.7 Å². The number of imidazole rings is 1. The Bertz CT molecular complexity index is 1450. The SMILES string of the molecule is COc1ncnc(C2CC2)c1-c1nccc(OCc2cc(C)c(-c3nc(C(F)(F)F)cn3C)c(Cl)c2)n1. The minimum atomic E-state index is -4.55. The maximum absolute atomic E-state index is 13.1. The molecule has 5 rings (SSSR count). The van der Waals surface area contributed by atoms with Crippen LogP contribution in [0.2, 0.25) is 5.02 Å². The number of nitrogens with zero attached hydrogens (tertiary/aromatic N) is 6. The molecule has 0 amide bonds. The predicted molar refractivity (Wildman–Crippen MR) is 129 cm³/mol. The van der Waals surface area contributed by atoms with Crippen molar-refractivity contribution in [3.63, 3.8) is 0 Å². The molecule has 0 spiro atoms. The van der Waals surface area contributed by atoms with Crippen LogP contribution in [0.25, 0.3) is 22.8 Å². The van der Waals surface area contributed by atoms with Crippen LogP contribution in [-0.4, -0.2) is 36.6 Å². The second-order valence-electron chi connectivity index (χ2n) is 8.75. The van der Waals surface area contributed by atoms with Gasteiger partial charge in [-0.05, 0) is 37.0 Å². The quantitative estimate of drug-likeness (QED) is 0.299. The van der Waals surface area contributed by atoms with Crippen LogP contribution >= 0.6 is 11.6 Å². The van der Waals surface area contributed by atoms with E-state index in [2.05, 4.69) is 24.9 Å². The van der Waals surface area contributed by atoms with E-state index in [1.807, 2.05) is 0 Å². The molecular formula is C25H22ClF3N6O2. The van der Waals surface area contributed by atoms with Gasteiger partial charge >= 0.3 is 6.18 Å².